The van der Waals surface area contributed by atoms with Gasteiger partial charge in [-0.25, -0.2) is 13.2 Å². The lowest BCUT2D eigenvalue weighted by atomic mass is 10.1. The van der Waals surface area contributed by atoms with E-state index in [0.29, 0.717) is 0 Å². The first-order valence-electron chi connectivity index (χ1n) is 15.8. The van der Waals surface area contributed by atoms with Crippen molar-refractivity contribution in [1.82, 2.24) is 0 Å². The first-order valence-corrected chi connectivity index (χ1v) is 17.3. The number of quaternary nitrogens is 1. The molecule has 0 spiro atoms. The first-order chi connectivity index (χ1) is 20.1. The number of benzene rings is 2. The van der Waals surface area contributed by atoms with Gasteiger partial charge in [0.25, 0.3) is 0 Å². The van der Waals surface area contributed by atoms with Crippen molar-refractivity contribution >= 4 is 21.8 Å². The summed E-state index contributed by atoms with van der Waals surface area (Å²) in [6.45, 7) is 15.1. The molecule has 2 rings (SSSR count). The first kappa shape index (κ1) is 37.3. The van der Waals surface area contributed by atoms with Crippen molar-refractivity contribution in [2.24, 2.45) is 0 Å². The van der Waals surface area contributed by atoms with Crippen molar-refractivity contribution in [2.75, 3.05) is 26.2 Å². The van der Waals surface area contributed by atoms with E-state index in [1.807, 2.05) is 0 Å². The minimum absolute atomic E-state index is 0.0266. The molecule has 0 unspecified atom stereocenters. The molecule has 0 aliphatic carbocycles. The van der Waals surface area contributed by atoms with E-state index < -0.39 is 21.8 Å². The quantitative estimate of drug-likeness (QED) is 0.127. The number of hydrogen-bond donors (Lipinski definition) is 1. The number of sulfone groups is 1. The van der Waals surface area contributed by atoms with Crippen molar-refractivity contribution < 1.29 is 32.7 Å². The molecule has 1 N–H and O–H groups in total. The predicted octanol–water partition coefficient (Wildman–Crippen LogP) is 7.15. The van der Waals surface area contributed by atoms with Gasteiger partial charge in [0.2, 0.25) is 9.84 Å². The molecule has 8 heteroatoms. The lowest BCUT2D eigenvalue weighted by Gasteiger charge is -2.39. The highest BCUT2D eigenvalue weighted by Gasteiger charge is 2.25. The van der Waals surface area contributed by atoms with Gasteiger partial charge in [-0.2, -0.15) is 0 Å². The molecule has 0 amide bonds. The Kier molecular flexibility index (Phi) is 18.0. The molecule has 0 heterocycles. The number of unbranched alkanes of at least 4 members (excludes halogenated alkanes) is 8. The van der Waals surface area contributed by atoms with Gasteiger partial charge in [0.1, 0.15) is 0 Å². The maximum Gasteiger partial charge on any atom is 0.335 e. The van der Waals surface area contributed by atoms with E-state index in [9.17, 15) is 23.1 Å². The van der Waals surface area contributed by atoms with E-state index in [1.165, 1.54) is 132 Å². The summed E-state index contributed by atoms with van der Waals surface area (Å²) in [6, 6.07) is 9.32. The minimum atomic E-state index is -3.83. The molecule has 0 bridgehead atoms. The van der Waals surface area contributed by atoms with Gasteiger partial charge >= 0.3 is 5.97 Å². The summed E-state index contributed by atoms with van der Waals surface area (Å²) in [5.41, 5.74) is -0.156. The summed E-state index contributed by atoms with van der Waals surface area (Å²) in [5, 5.41) is 19.4. The standard InChI is InChI=1S/C20H44N.C14H10O6S/c1-5-9-13-17-21(18-14-10-6-2,19-15-11-7-3)20-16-12-8-4;15-13(16)9-1-5-11(6-2-9)21(19,20)12-7-3-10(4-8-12)14(17)18/h5-20H2,1-4H3;1-8H,(H,15,16)(H,17,18)/q+1;/p-1. The van der Waals surface area contributed by atoms with Gasteiger partial charge < -0.3 is 19.5 Å². The molecule has 0 fully saturated rings. The van der Waals surface area contributed by atoms with Crippen LogP contribution in [0, 0.1) is 0 Å². The molecule has 2 aromatic rings. The van der Waals surface area contributed by atoms with Gasteiger partial charge in [-0.3, -0.25) is 0 Å². The van der Waals surface area contributed by atoms with E-state index in [0.717, 1.165) is 24.3 Å². The molecule has 0 atom stereocenters. The summed E-state index contributed by atoms with van der Waals surface area (Å²) in [4.78, 5) is 21.2. The number of hydrogen-bond acceptors (Lipinski definition) is 5. The van der Waals surface area contributed by atoms with Gasteiger partial charge in [-0.15, -0.1) is 0 Å². The smallest absolute Gasteiger partial charge is 0.335 e. The van der Waals surface area contributed by atoms with E-state index in [4.69, 9.17) is 5.11 Å². The fraction of sp³-hybridized carbons (Fsp3) is 0.588. The summed E-state index contributed by atoms with van der Waals surface area (Å²) < 4.78 is 26.0. The zero-order chi connectivity index (χ0) is 31.4. The van der Waals surface area contributed by atoms with Crippen molar-refractivity contribution in [2.45, 2.75) is 115 Å². The van der Waals surface area contributed by atoms with Crippen molar-refractivity contribution in [1.29, 1.82) is 0 Å². The summed E-state index contributed by atoms with van der Waals surface area (Å²) in [7, 11) is -3.83. The second kappa shape index (κ2) is 20.2. The fourth-order valence-electron chi connectivity index (χ4n) is 5.14. The zero-order valence-corrected chi connectivity index (χ0v) is 27.1. The van der Waals surface area contributed by atoms with Crippen molar-refractivity contribution in [3.8, 4) is 0 Å². The van der Waals surface area contributed by atoms with E-state index in [2.05, 4.69) is 27.7 Å². The van der Waals surface area contributed by atoms with E-state index in [1.54, 1.807) is 0 Å². The molecule has 0 saturated heterocycles. The Hall–Kier alpha value is -2.71. The Morgan fingerprint density at radius 3 is 1.17 bits per heavy atom. The number of carbonyl (C=O) groups excluding carboxylic acids is 1. The molecular formula is C34H53NO6S. The molecule has 236 valence electrons. The number of carbonyl (C=O) groups is 2. The van der Waals surface area contributed by atoms with Gasteiger partial charge in [0, 0.05) is 0 Å². The number of carboxylic acids is 2. The fourth-order valence-corrected chi connectivity index (χ4v) is 6.40. The van der Waals surface area contributed by atoms with Crippen LogP contribution in [0.5, 0.6) is 0 Å². The van der Waals surface area contributed by atoms with Crippen LogP contribution in [0.25, 0.3) is 0 Å². The Bertz CT molecular complexity index is 1030. The minimum Gasteiger partial charge on any atom is -0.545 e. The summed E-state index contributed by atoms with van der Waals surface area (Å²) in [5.74, 6) is -2.55. The van der Waals surface area contributed by atoms with Crippen LogP contribution in [0.2, 0.25) is 0 Å². The second-order valence-electron chi connectivity index (χ2n) is 11.2. The second-order valence-corrected chi connectivity index (χ2v) is 13.2. The maximum atomic E-state index is 12.3. The van der Waals surface area contributed by atoms with Crippen LogP contribution in [-0.4, -0.2) is 56.1 Å². The lowest BCUT2D eigenvalue weighted by molar-refractivity contribution is -0.929. The van der Waals surface area contributed by atoms with Crippen LogP contribution in [0.4, 0.5) is 0 Å². The Balaban J connectivity index is 0.000000420. The molecule has 0 radical (unpaired) electrons. The third kappa shape index (κ3) is 13.1. The van der Waals surface area contributed by atoms with Crippen LogP contribution in [0.3, 0.4) is 0 Å². The van der Waals surface area contributed by atoms with Gasteiger partial charge in [-0.1, -0.05) is 65.5 Å². The average molecular weight is 604 g/mol. The Morgan fingerprint density at radius 2 is 0.905 bits per heavy atom. The van der Waals surface area contributed by atoms with Crippen LogP contribution in [0.15, 0.2) is 58.3 Å². The molecule has 42 heavy (non-hydrogen) atoms. The predicted molar refractivity (Wildman–Crippen MR) is 167 cm³/mol. The van der Waals surface area contributed by atoms with Crippen LogP contribution >= 0.6 is 0 Å². The summed E-state index contributed by atoms with van der Waals surface area (Å²) >= 11 is 0. The molecule has 0 aliphatic rings. The molecule has 7 nitrogen and oxygen atoms in total. The van der Waals surface area contributed by atoms with Crippen LogP contribution in [0.1, 0.15) is 125 Å². The molecule has 0 saturated carbocycles. The Labute approximate surface area is 254 Å². The maximum absolute atomic E-state index is 12.3. The van der Waals surface area contributed by atoms with E-state index in [-0.39, 0.29) is 20.9 Å². The topological polar surface area (TPSA) is 112 Å². The van der Waals surface area contributed by atoms with Gasteiger partial charge in [0.15, 0.2) is 0 Å². The molecule has 0 aromatic heterocycles. The largest absolute Gasteiger partial charge is 0.545 e. The zero-order valence-electron chi connectivity index (χ0n) is 26.3. The Morgan fingerprint density at radius 1 is 0.595 bits per heavy atom. The van der Waals surface area contributed by atoms with Crippen molar-refractivity contribution in [3.63, 3.8) is 0 Å². The SMILES string of the molecule is CCCCC[N+](CCCCC)(CCCCC)CCCCC.O=C([O-])c1ccc(S(=O)(=O)c2ccc(C(=O)O)cc2)cc1. The summed E-state index contributed by atoms with van der Waals surface area (Å²) in [6.07, 6.45) is 16.9. The van der Waals surface area contributed by atoms with Crippen molar-refractivity contribution in [3.05, 3.63) is 59.7 Å². The molecule has 0 aliphatic heterocycles. The highest BCUT2D eigenvalue weighted by atomic mass is 32.2. The number of carboxylic acid groups (broad SMARTS) is 2. The van der Waals surface area contributed by atoms with Gasteiger partial charge in [0.05, 0.1) is 47.5 Å². The van der Waals surface area contributed by atoms with E-state index >= 15 is 0 Å². The third-order valence-corrected chi connectivity index (χ3v) is 9.54. The molecular weight excluding hydrogens is 550 g/mol. The monoisotopic (exact) mass is 603 g/mol. The highest BCUT2D eigenvalue weighted by Crippen LogP contribution is 2.22. The number of nitrogens with zero attached hydrogens (tertiary/aromatic N) is 1. The lowest BCUT2D eigenvalue weighted by Crippen LogP contribution is -2.50. The highest BCUT2D eigenvalue weighted by molar-refractivity contribution is 7.91. The number of aromatic carboxylic acids is 2. The average Bonchev–Trinajstić information content (AvgIpc) is 2.98. The van der Waals surface area contributed by atoms with Gasteiger partial charge in [-0.05, 0) is 93.3 Å². The van der Waals surface area contributed by atoms with Crippen LogP contribution in [-0.2, 0) is 9.84 Å². The normalized spacial score (nSPS) is 11.5. The molecule has 2 aromatic carbocycles. The number of rotatable bonds is 20. The third-order valence-electron chi connectivity index (χ3n) is 7.76. The van der Waals surface area contributed by atoms with Crippen LogP contribution < -0.4 is 5.11 Å².